The molecule has 0 amide bonds. The minimum absolute atomic E-state index is 0.154. The van der Waals surface area contributed by atoms with E-state index in [0.29, 0.717) is 34.5 Å². The second-order valence-electron chi connectivity index (χ2n) is 9.49. The second kappa shape index (κ2) is 19.8. The zero-order chi connectivity index (χ0) is 39.3. The van der Waals surface area contributed by atoms with Gasteiger partial charge in [0.2, 0.25) is 0 Å². The molecule has 0 spiro atoms. The first-order valence-electron chi connectivity index (χ1n) is 13.6. The summed E-state index contributed by atoms with van der Waals surface area (Å²) in [5.41, 5.74) is 11.1. The topological polar surface area (TPSA) is 349 Å². The van der Waals surface area contributed by atoms with Crippen LogP contribution in [-0.4, -0.2) is 74.2 Å². The van der Waals surface area contributed by atoms with Gasteiger partial charge in [-0.25, -0.2) is 27.9 Å². The van der Waals surface area contributed by atoms with E-state index in [9.17, 15) is 31.5 Å². The summed E-state index contributed by atoms with van der Waals surface area (Å²) in [5, 5.41) is 49.7. The molecule has 0 fully saturated rings. The predicted octanol–water partition coefficient (Wildman–Crippen LogP) is 5.34. The number of carboxylic acid groups (broad SMARTS) is 1. The molecule has 0 radical (unpaired) electrons. The summed E-state index contributed by atoms with van der Waals surface area (Å²) in [4.78, 5) is 23.9. The maximum atomic E-state index is 12.7. The highest BCUT2D eigenvalue weighted by Crippen LogP contribution is 2.44. The maximum absolute atomic E-state index is 12.7. The molecule has 0 atom stereocenters. The van der Waals surface area contributed by atoms with Gasteiger partial charge in [0, 0.05) is 12.0 Å². The Bertz CT molecular complexity index is 2100. The Morgan fingerprint density at radius 3 is 2.19 bits per heavy atom. The van der Waals surface area contributed by atoms with Crippen LogP contribution >= 0.6 is 36.1 Å². The van der Waals surface area contributed by atoms with E-state index in [1.54, 1.807) is 6.92 Å². The number of benzene rings is 3. The number of nitrogens with two attached hydrogens (primary N) is 2. The number of azo groups is 2. The van der Waals surface area contributed by atoms with Gasteiger partial charge in [-0.15, -0.1) is 29.1 Å². The van der Waals surface area contributed by atoms with Gasteiger partial charge in [0.15, 0.2) is 9.84 Å². The number of carboxylic acids is 1. The number of nitrogens with zero attached hydrogens (tertiary/aromatic N) is 4. The van der Waals surface area contributed by atoms with Crippen LogP contribution in [-0.2, 0) is 52.1 Å². The van der Waals surface area contributed by atoms with Crippen molar-refractivity contribution in [3.05, 3.63) is 47.5 Å². The van der Waals surface area contributed by atoms with Gasteiger partial charge in [0.25, 0.3) is 0 Å². The summed E-state index contributed by atoms with van der Waals surface area (Å²) in [6, 6.07) is 7.14. The van der Waals surface area contributed by atoms with Crippen LogP contribution in [0.5, 0.6) is 5.75 Å². The number of hydrogen-bond donors (Lipinski definition) is 6. The van der Waals surface area contributed by atoms with E-state index >= 15 is 0 Å². The summed E-state index contributed by atoms with van der Waals surface area (Å²) in [6.45, 7) is 0.753. The monoisotopic (exact) mass is 842 g/mol. The van der Waals surface area contributed by atoms with Gasteiger partial charge in [-0.1, -0.05) is 10.1 Å². The smallest absolute Gasteiger partial charge is 0.397 e. The van der Waals surface area contributed by atoms with Crippen LogP contribution in [0.25, 0.3) is 0 Å². The van der Waals surface area contributed by atoms with E-state index in [2.05, 4.69) is 43.4 Å². The predicted molar refractivity (Wildman–Crippen MR) is 184 cm³/mol. The summed E-state index contributed by atoms with van der Waals surface area (Å²) in [7, 11) is -7.80. The number of ether oxygens (including phenoxy) is 1. The van der Waals surface area contributed by atoms with Gasteiger partial charge in [0.05, 0.1) is 75.2 Å². The van der Waals surface area contributed by atoms with Crippen molar-refractivity contribution in [3.63, 3.8) is 0 Å². The highest BCUT2D eigenvalue weighted by Gasteiger charge is 2.22. The minimum Gasteiger partial charge on any atom is -0.494 e. The highest BCUT2D eigenvalue weighted by molar-refractivity contribution is 7.96. The molecular formula is C25H26N6O17S5. The molecule has 23 nitrogen and oxygen atoms in total. The molecular weight excluding hydrogens is 817 g/mol. The molecule has 0 bridgehead atoms. The van der Waals surface area contributed by atoms with E-state index in [4.69, 9.17) is 35.5 Å². The molecule has 0 aromatic heterocycles. The fourth-order valence-corrected chi connectivity index (χ4v) is 6.71. The Kier molecular flexibility index (Phi) is 16.1. The first kappa shape index (κ1) is 43.2. The van der Waals surface area contributed by atoms with Gasteiger partial charge in [-0.05, 0) is 48.9 Å². The third-order valence-electron chi connectivity index (χ3n) is 6.07. The second-order valence-corrected chi connectivity index (χ2v) is 14.9. The standard InChI is InChI=1S/C25H26N6O17S5/c1-12-7-17(18(42-2)10-19(12)50-44-21(32)11-49-47-45-35)29-31-24-15(26)9-14(25(33)34)23(22(24)27)30-28-16-4-3-13(8-20(16)51-48-46-36)52(37,38)6-5-43-53(39,40)41/h3-4,7-10,35-36H,5-6,11,26-27H2,1-2H3,(H,33,34)(H,39,40,41). The summed E-state index contributed by atoms with van der Waals surface area (Å²) in [6.07, 6.45) is 0. The zero-order valence-electron chi connectivity index (χ0n) is 26.7. The van der Waals surface area contributed by atoms with Crippen molar-refractivity contribution < 1.29 is 78.4 Å². The summed E-state index contributed by atoms with van der Waals surface area (Å²) >= 11 is 1.46. The first-order chi connectivity index (χ1) is 25.0. The number of sulfone groups is 1. The number of rotatable bonds is 20. The lowest BCUT2D eigenvalue weighted by atomic mass is 10.1. The molecule has 0 saturated heterocycles. The molecule has 0 saturated carbocycles. The molecule has 0 unspecified atom stereocenters. The van der Waals surface area contributed by atoms with Crippen LogP contribution in [0, 0.1) is 6.92 Å². The molecule has 0 aliphatic heterocycles. The Balaban J connectivity index is 1.98. The lowest BCUT2D eigenvalue weighted by Crippen LogP contribution is -2.15. The number of aryl methyl sites for hydroxylation is 1. The van der Waals surface area contributed by atoms with Crippen LogP contribution in [0.15, 0.2) is 71.5 Å². The van der Waals surface area contributed by atoms with Gasteiger partial charge < -0.3 is 25.5 Å². The quantitative estimate of drug-likeness (QED) is 0.0159. The van der Waals surface area contributed by atoms with E-state index < -0.39 is 60.7 Å². The zero-order valence-corrected chi connectivity index (χ0v) is 30.7. The molecule has 0 aliphatic rings. The van der Waals surface area contributed by atoms with E-state index in [-0.39, 0.29) is 56.9 Å². The lowest BCUT2D eigenvalue weighted by molar-refractivity contribution is -0.432. The Morgan fingerprint density at radius 1 is 0.868 bits per heavy atom. The van der Waals surface area contributed by atoms with Gasteiger partial charge in [-0.2, -0.15) is 8.42 Å². The van der Waals surface area contributed by atoms with Gasteiger partial charge >= 0.3 is 22.3 Å². The SMILES string of the molecule is COc1cc(SOC(=O)CSOOO)c(C)cc1N=Nc1c(N)cc(C(=O)O)c(N=Nc2ccc(S(=O)(=O)CCOS(=O)(=O)O)cc2SOOO)c1N. The van der Waals surface area contributed by atoms with E-state index in [1.165, 1.54) is 19.2 Å². The first-order valence-corrected chi connectivity index (χ1v) is 19.0. The largest absolute Gasteiger partial charge is 0.494 e. The third kappa shape index (κ3) is 12.7. The van der Waals surface area contributed by atoms with Crippen molar-refractivity contribution in [2.24, 2.45) is 20.5 Å². The fourth-order valence-electron chi connectivity index (χ4n) is 3.75. The molecule has 3 rings (SSSR count). The lowest BCUT2D eigenvalue weighted by Gasteiger charge is -2.12. The van der Waals surface area contributed by atoms with Crippen LogP contribution in [0.4, 0.5) is 34.1 Å². The van der Waals surface area contributed by atoms with Crippen LogP contribution < -0.4 is 16.2 Å². The molecule has 3 aromatic rings. The van der Waals surface area contributed by atoms with Gasteiger partial charge in [0.1, 0.15) is 34.3 Å². The Hall–Kier alpha value is -4.17. The molecule has 0 heterocycles. The Labute approximate surface area is 311 Å². The van der Waals surface area contributed by atoms with Crippen molar-refractivity contribution >= 4 is 102 Å². The van der Waals surface area contributed by atoms with Crippen LogP contribution in [0.1, 0.15) is 15.9 Å². The van der Waals surface area contributed by atoms with E-state index in [1.807, 2.05) is 0 Å². The van der Waals surface area contributed by atoms with Crippen molar-refractivity contribution in [2.75, 3.05) is 36.7 Å². The number of aromatic carboxylic acids is 1. The maximum Gasteiger partial charge on any atom is 0.397 e. The average molecular weight is 843 g/mol. The van der Waals surface area contributed by atoms with E-state index in [0.717, 1.165) is 24.3 Å². The Morgan fingerprint density at radius 2 is 1.55 bits per heavy atom. The third-order valence-corrected chi connectivity index (χ3v) is 10.2. The number of methoxy groups -OCH3 is 1. The molecule has 8 N–H and O–H groups in total. The molecule has 0 aliphatic carbocycles. The van der Waals surface area contributed by atoms with Crippen LogP contribution in [0.3, 0.4) is 0 Å². The number of carbonyl (C=O) groups is 2. The molecule has 288 valence electrons. The van der Waals surface area contributed by atoms with Crippen LogP contribution in [0.2, 0.25) is 0 Å². The normalized spacial score (nSPS) is 12.1. The number of carbonyl (C=O) groups excluding carboxylic acids is 1. The highest BCUT2D eigenvalue weighted by atomic mass is 32.3. The van der Waals surface area contributed by atoms with Crippen molar-refractivity contribution in [1.82, 2.24) is 0 Å². The number of anilines is 2. The van der Waals surface area contributed by atoms with Gasteiger partial charge in [-0.3, -0.25) is 9.35 Å². The summed E-state index contributed by atoms with van der Waals surface area (Å²) in [5.74, 6) is -3.24. The fraction of sp³-hybridized carbons (Fsp3) is 0.200. The average Bonchev–Trinajstić information content (AvgIpc) is 3.09. The summed E-state index contributed by atoms with van der Waals surface area (Å²) < 4.78 is 78.7. The number of hydrogen-bond acceptors (Lipinski definition) is 24. The number of nitrogen functional groups attached to an aromatic ring is 2. The minimum atomic E-state index is -4.90. The molecule has 53 heavy (non-hydrogen) atoms. The van der Waals surface area contributed by atoms with Crippen molar-refractivity contribution in [3.8, 4) is 5.75 Å². The molecule has 28 heteroatoms. The van der Waals surface area contributed by atoms with Crippen molar-refractivity contribution in [1.29, 1.82) is 0 Å². The van der Waals surface area contributed by atoms with Crippen molar-refractivity contribution in [2.45, 2.75) is 21.6 Å². The molecule has 3 aromatic carbocycles.